The molecule has 0 saturated heterocycles. The molecule has 0 heterocycles. The maximum absolute atomic E-state index is 12.9. The molecule has 0 aliphatic rings. The Labute approximate surface area is 418 Å². The number of unbranched alkanes of at least 4 members (excludes halogenated alkanes) is 40. The lowest BCUT2D eigenvalue weighted by Gasteiger charge is -2.18. The topological polar surface area (TPSA) is 78.9 Å². The van der Waals surface area contributed by atoms with E-state index in [1.807, 2.05) is 0 Å². The lowest BCUT2D eigenvalue weighted by molar-refractivity contribution is -0.167. The van der Waals surface area contributed by atoms with Crippen LogP contribution in [0.15, 0.2) is 0 Å². The van der Waals surface area contributed by atoms with Crippen molar-refractivity contribution in [1.29, 1.82) is 0 Å². The van der Waals surface area contributed by atoms with Crippen LogP contribution in [0.4, 0.5) is 0 Å². The average molecular weight is 948 g/mol. The maximum Gasteiger partial charge on any atom is 0.306 e. The van der Waals surface area contributed by atoms with Crippen molar-refractivity contribution >= 4 is 17.9 Å². The predicted molar refractivity (Wildman–Crippen MR) is 289 cm³/mol. The second kappa shape index (κ2) is 53.8. The second-order valence-corrected chi connectivity index (χ2v) is 21.9. The van der Waals surface area contributed by atoms with Crippen LogP contribution in [0.5, 0.6) is 0 Å². The molecule has 0 aliphatic carbocycles. The summed E-state index contributed by atoms with van der Waals surface area (Å²) < 4.78 is 16.9. The molecule has 0 fully saturated rings. The Kier molecular flexibility index (Phi) is 52.5. The Morgan fingerprint density at radius 2 is 0.493 bits per heavy atom. The van der Waals surface area contributed by atoms with Crippen LogP contribution in [0.1, 0.15) is 343 Å². The molecule has 0 spiro atoms. The van der Waals surface area contributed by atoms with Gasteiger partial charge in [-0.05, 0) is 31.1 Å². The Bertz CT molecular complexity index is 1020. The molecular weight excluding hydrogens is 829 g/mol. The first-order valence-electron chi connectivity index (χ1n) is 30.2. The zero-order valence-corrected chi connectivity index (χ0v) is 46.0. The van der Waals surface area contributed by atoms with Crippen LogP contribution in [0, 0.1) is 11.8 Å². The van der Waals surface area contributed by atoms with Gasteiger partial charge in [0.05, 0.1) is 0 Å². The van der Waals surface area contributed by atoms with Crippen LogP contribution in [-0.4, -0.2) is 37.2 Å². The third kappa shape index (κ3) is 55.2. The minimum Gasteiger partial charge on any atom is -0.462 e. The fourth-order valence-corrected chi connectivity index (χ4v) is 9.40. The van der Waals surface area contributed by atoms with E-state index in [2.05, 4.69) is 34.6 Å². The van der Waals surface area contributed by atoms with Crippen LogP contribution in [0.2, 0.25) is 0 Å². The van der Waals surface area contributed by atoms with Crippen LogP contribution in [0.3, 0.4) is 0 Å². The summed E-state index contributed by atoms with van der Waals surface area (Å²) in [7, 11) is 0. The normalized spacial score (nSPS) is 12.0. The molecule has 0 unspecified atom stereocenters. The van der Waals surface area contributed by atoms with E-state index in [1.54, 1.807) is 0 Å². The van der Waals surface area contributed by atoms with Crippen LogP contribution in [0.25, 0.3) is 0 Å². The van der Waals surface area contributed by atoms with E-state index in [0.29, 0.717) is 19.3 Å². The highest BCUT2D eigenvalue weighted by Crippen LogP contribution is 2.18. The maximum atomic E-state index is 12.9. The van der Waals surface area contributed by atoms with Crippen LogP contribution >= 0.6 is 0 Å². The standard InChI is InChI=1S/C61H118O6/c1-6-7-8-9-10-11-12-13-14-15-16-21-24-27-32-38-43-48-53-61(64)67-58(55-66-60(63)52-47-42-37-33-28-30-35-40-45-50-57(4)5)54-65-59(62)51-46-41-36-31-26-23-20-18-17-19-22-25-29-34-39-44-49-56(2)3/h56-58H,6-55H2,1-5H3/t58-/m1/s1. The van der Waals surface area contributed by atoms with Gasteiger partial charge in [0.25, 0.3) is 0 Å². The van der Waals surface area contributed by atoms with Crippen molar-refractivity contribution in [2.75, 3.05) is 13.2 Å². The second-order valence-electron chi connectivity index (χ2n) is 21.9. The summed E-state index contributed by atoms with van der Waals surface area (Å²) in [6, 6.07) is 0. The number of hydrogen-bond donors (Lipinski definition) is 0. The van der Waals surface area contributed by atoms with Gasteiger partial charge in [0, 0.05) is 19.3 Å². The molecule has 0 radical (unpaired) electrons. The number of carbonyl (C=O) groups is 3. The number of ether oxygens (including phenoxy) is 3. The first-order chi connectivity index (χ1) is 32.7. The van der Waals surface area contributed by atoms with Crippen molar-refractivity contribution in [1.82, 2.24) is 0 Å². The number of rotatable bonds is 55. The van der Waals surface area contributed by atoms with Crippen LogP contribution < -0.4 is 0 Å². The van der Waals surface area contributed by atoms with E-state index >= 15 is 0 Å². The van der Waals surface area contributed by atoms with Crippen molar-refractivity contribution in [3.05, 3.63) is 0 Å². The van der Waals surface area contributed by atoms with Crippen LogP contribution in [-0.2, 0) is 28.6 Å². The average Bonchev–Trinajstić information content (AvgIpc) is 3.30. The zero-order chi connectivity index (χ0) is 48.9. The summed E-state index contributed by atoms with van der Waals surface area (Å²) in [4.78, 5) is 38.2. The molecule has 0 aliphatic heterocycles. The van der Waals surface area contributed by atoms with Gasteiger partial charge in [0.1, 0.15) is 13.2 Å². The fraction of sp³-hybridized carbons (Fsp3) is 0.951. The molecule has 6 heteroatoms. The Morgan fingerprint density at radius 1 is 0.284 bits per heavy atom. The highest BCUT2D eigenvalue weighted by atomic mass is 16.6. The summed E-state index contributed by atoms with van der Waals surface area (Å²) in [5.41, 5.74) is 0. The molecule has 398 valence electrons. The first kappa shape index (κ1) is 65.4. The van der Waals surface area contributed by atoms with E-state index in [-0.39, 0.29) is 31.1 Å². The van der Waals surface area contributed by atoms with Gasteiger partial charge in [0.2, 0.25) is 0 Å². The van der Waals surface area contributed by atoms with Crippen molar-refractivity contribution in [2.45, 2.75) is 349 Å². The van der Waals surface area contributed by atoms with E-state index < -0.39 is 6.10 Å². The molecule has 0 amide bonds. The SMILES string of the molecule is CCCCCCCCCCCCCCCCCCCCC(=O)O[C@H](COC(=O)CCCCCCCCCCCCCCCCCCC(C)C)COC(=O)CCCCCCCCCCCC(C)C. The van der Waals surface area contributed by atoms with Gasteiger partial charge in [0.15, 0.2) is 6.10 Å². The predicted octanol–water partition coefficient (Wildman–Crippen LogP) is 20.0. The summed E-state index contributed by atoms with van der Waals surface area (Å²) in [5.74, 6) is 0.824. The van der Waals surface area contributed by atoms with Gasteiger partial charge >= 0.3 is 17.9 Å². The highest BCUT2D eigenvalue weighted by molar-refractivity contribution is 5.71. The summed E-state index contributed by atoms with van der Waals surface area (Å²) >= 11 is 0. The Hall–Kier alpha value is -1.59. The van der Waals surface area contributed by atoms with Gasteiger partial charge in [-0.1, -0.05) is 304 Å². The molecule has 0 saturated carbocycles. The summed E-state index contributed by atoms with van der Waals surface area (Å²) in [5, 5.41) is 0. The molecule has 0 N–H and O–H groups in total. The fourth-order valence-electron chi connectivity index (χ4n) is 9.40. The summed E-state index contributed by atoms with van der Waals surface area (Å²) in [6.45, 7) is 11.4. The van der Waals surface area contributed by atoms with E-state index in [9.17, 15) is 14.4 Å². The molecule has 6 nitrogen and oxygen atoms in total. The zero-order valence-electron chi connectivity index (χ0n) is 46.0. The van der Waals surface area contributed by atoms with Gasteiger partial charge in [-0.25, -0.2) is 0 Å². The molecule has 0 rings (SSSR count). The van der Waals surface area contributed by atoms with Crippen molar-refractivity contribution in [2.24, 2.45) is 11.8 Å². The molecule has 0 aromatic rings. The largest absolute Gasteiger partial charge is 0.462 e. The highest BCUT2D eigenvalue weighted by Gasteiger charge is 2.19. The number of carbonyl (C=O) groups excluding carboxylic acids is 3. The number of hydrogen-bond acceptors (Lipinski definition) is 6. The number of esters is 3. The van der Waals surface area contributed by atoms with Crippen molar-refractivity contribution < 1.29 is 28.6 Å². The lowest BCUT2D eigenvalue weighted by Crippen LogP contribution is -2.30. The molecule has 67 heavy (non-hydrogen) atoms. The molecule has 1 atom stereocenters. The monoisotopic (exact) mass is 947 g/mol. The van der Waals surface area contributed by atoms with Gasteiger partial charge in [-0.3, -0.25) is 14.4 Å². The van der Waals surface area contributed by atoms with E-state index in [0.717, 1.165) is 69.6 Å². The van der Waals surface area contributed by atoms with E-state index in [4.69, 9.17) is 14.2 Å². The smallest absolute Gasteiger partial charge is 0.306 e. The molecular formula is C61H118O6. The van der Waals surface area contributed by atoms with Gasteiger partial charge in [-0.2, -0.15) is 0 Å². The summed E-state index contributed by atoms with van der Waals surface area (Å²) in [6.07, 6.45) is 58.2. The molecule has 0 bridgehead atoms. The third-order valence-electron chi connectivity index (χ3n) is 14.0. The van der Waals surface area contributed by atoms with Gasteiger partial charge < -0.3 is 14.2 Å². The van der Waals surface area contributed by atoms with Gasteiger partial charge in [-0.15, -0.1) is 0 Å². The first-order valence-corrected chi connectivity index (χ1v) is 30.2. The molecule has 0 aromatic carbocycles. The van der Waals surface area contributed by atoms with E-state index in [1.165, 1.54) is 231 Å². The van der Waals surface area contributed by atoms with Crippen molar-refractivity contribution in [3.63, 3.8) is 0 Å². The third-order valence-corrected chi connectivity index (χ3v) is 14.0. The van der Waals surface area contributed by atoms with Crippen molar-refractivity contribution in [3.8, 4) is 0 Å². The quantitative estimate of drug-likeness (QED) is 0.0343. The Balaban J connectivity index is 4.26. The Morgan fingerprint density at radius 3 is 0.731 bits per heavy atom. The molecule has 0 aromatic heterocycles. The minimum absolute atomic E-state index is 0.0626. The lowest BCUT2D eigenvalue weighted by atomic mass is 10.0. The minimum atomic E-state index is -0.763.